The molecule has 0 bridgehead atoms. The van der Waals surface area contributed by atoms with Crippen molar-refractivity contribution in [1.29, 1.82) is 0 Å². The highest BCUT2D eigenvalue weighted by Gasteiger charge is 2.05. The van der Waals surface area contributed by atoms with Gasteiger partial charge in [0.05, 0.1) is 5.69 Å². The highest BCUT2D eigenvalue weighted by atomic mass is 19.1. The van der Waals surface area contributed by atoms with Crippen LogP contribution in [0.4, 0.5) is 21.8 Å². The van der Waals surface area contributed by atoms with E-state index in [1.165, 1.54) is 37.3 Å². The summed E-state index contributed by atoms with van der Waals surface area (Å²) in [6.07, 6.45) is 10.1. The maximum Gasteiger partial charge on any atom is 0.229 e. The lowest BCUT2D eigenvalue weighted by molar-refractivity contribution is 0.631. The molecule has 0 unspecified atom stereocenters. The highest BCUT2D eigenvalue weighted by Crippen LogP contribution is 2.20. The van der Waals surface area contributed by atoms with Gasteiger partial charge in [-0.1, -0.05) is 23.8 Å². The molecule has 2 N–H and O–H groups in total. The first kappa shape index (κ1) is 15.5. The minimum atomic E-state index is -0.321. The second-order valence-electron chi connectivity index (χ2n) is 5.66. The second-order valence-corrected chi connectivity index (χ2v) is 5.66. The van der Waals surface area contributed by atoms with Crippen LogP contribution in [0.5, 0.6) is 0 Å². The van der Waals surface area contributed by atoms with Crippen LogP contribution in [0.15, 0.2) is 48.2 Å². The van der Waals surface area contributed by atoms with Gasteiger partial charge in [0, 0.05) is 12.7 Å². The predicted molar refractivity (Wildman–Crippen MR) is 91.4 cm³/mol. The van der Waals surface area contributed by atoms with Crippen molar-refractivity contribution in [3.05, 3.63) is 54.0 Å². The lowest BCUT2D eigenvalue weighted by Crippen LogP contribution is -2.07. The van der Waals surface area contributed by atoms with Gasteiger partial charge in [-0.15, -0.1) is 0 Å². The first-order valence-electron chi connectivity index (χ1n) is 8.07. The molecule has 0 amide bonds. The molecule has 1 aromatic heterocycles. The number of nitrogens with one attached hydrogen (secondary N) is 2. The van der Waals surface area contributed by atoms with Crippen LogP contribution in [0, 0.1) is 5.82 Å². The Balaban J connectivity index is 1.57. The van der Waals surface area contributed by atoms with E-state index >= 15 is 0 Å². The molecule has 0 radical (unpaired) electrons. The van der Waals surface area contributed by atoms with Crippen molar-refractivity contribution in [3.63, 3.8) is 0 Å². The summed E-state index contributed by atoms with van der Waals surface area (Å²) >= 11 is 0. The van der Waals surface area contributed by atoms with Crippen LogP contribution in [-0.2, 0) is 0 Å². The van der Waals surface area contributed by atoms with Gasteiger partial charge in [0.2, 0.25) is 5.95 Å². The van der Waals surface area contributed by atoms with E-state index in [1.54, 1.807) is 24.4 Å². The molecule has 4 nitrogen and oxygen atoms in total. The molecule has 1 heterocycles. The number of halogens is 1. The quantitative estimate of drug-likeness (QED) is 0.762. The summed E-state index contributed by atoms with van der Waals surface area (Å²) in [7, 11) is 0. The zero-order valence-corrected chi connectivity index (χ0v) is 13.1. The van der Waals surface area contributed by atoms with Gasteiger partial charge in [-0.2, -0.15) is 4.98 Å². The van der Waals surface area contributed by atoms with Crippen LogP contribution < -0.4 is 10.6 Å². The fourth-order valence-corrected chi connectivity index (χ4v) is 2.68. The van der Waals surface area contributed by atoms with E-state index in [0.29, 0.717) is 11.6 Å². The Hall–Kier alpha value is -2.43. The molecule has 5 heteroatoms. The first-order valence-corrected chi connectivity index (χ1v) is 8.07. The zero-order chi connectivity index (χ0) is 15.9. The zero-order valence-electron chi connectivity index (χ0n) is 13.1. The molecular weight excluding hydrogens is 291 g/mol. The minimum Gasteiger partial charge on any atom is -0.370 e. The number of hydrogen-bond donors (Lipinski definition) is 2. The molecule has 3 rings (SSSR count). The van der Waals surface area contributed by atoms with Crippen LogP contribution in [0.25, 0.3) is 0 Å². The smallest absolute Gasteiger partial charge is 0.229 e. The number of rotatable bonds is 6. The molecule has 120 valence electrons. The van der Waals surface area contributed by atoms with E-state index in [-0.39, 0.29) is 5.82 Å². The maximum absolute atomic E-state index is 13.6. The molecule has 0 atom stereocenters. The summed E-state index contributed by atoms with van der Waals surface area (Å²) in [5.41, 5.74) is 1.90. The van der Waals surface area contributed by atoms with Crippen LogP contribution in [0.2, 0.25) is 0 Å². The third-order valence-electron chi connectivity index (χ3n) is 3.91. The highest BCUT2D eigenvalue weighted by molar-refractivity contribution is 5.55. The van der Waals surface area contributed by atoms with Crippen LogP contribution in [0.3, 0.4) is 0 Å². The summed E-state index contributed by atoms with van der Waals surface area (Å²) in [6, 6.07) is 8.31. The Kier molecular flexibility index (Phi) is 5.19. The van der Waals surface area contributed by atoms with Crippen molar-refractivity contribution in [3.8, 4) is 0 Å². The third-order valence-corrected chi connectivity index (χ3v) is 3.91. The summed E-state index contributed by atoms with van der Waals surface area (Å²) in [5.74, 6) is 0.811. The van der Waals surface area contributed by atoms with Gasteiger partial charge in [-0.25, -0.2) is 9.37 Å². The number of anilines is 3. The summed E-state index contributed by atoms with van der Waals surface area (Å²) < 4.78 is 13.6. The van der Waals surface area contributed by atoms with E-state index in [1.807, 2.05) is 6.07 Å². The van der Waals surface area contributed by atoms with Gasteiger partial charge in [0.1, 0.15) is 11.6 Å². The lowest BCUT2D eigenvalue weighted by atomic mass is 9.97. The van der Waals surface area contributed by atoms with Crippen LogP contribution in [-0.4, -0.2) is 16.5 Å². The topological polar surface area (TPSA) is 49.8 Å². The Labute approximate surface area is 135 Å². The summed E-state index contributed by atoms with van der Waals surface area (Å²) in [4.78, 5) is 8.51. The Morgan fingerprint density at radius 2 is 2.04 bits per heavy atom. The van der Waals surface area contributed by atoms with Gasteiger partial charge in [-0.05, 0) is 50.3 Å². The van der Waals surface area contributed by atoms with Crippen molar-refractivity contribution >= 4 is 17.5 Å². The number of nitrogens with zero attached hydrogens (tertiary/aromatic N) is 2. The number of para-hydroxylation sites is 1. The van der Waals surface area contributed by atoms with E-state index in [4.69, 9.17) is 0 Å². The number of hydrogen-bond acceptors (Lipinski definition) is 4. The number of benzene rings is 1. The van der Waals surface area contributed by atoms with Crippen molar-refractivity contribution < 1.29 is 4.39 Å². The minimum absolute atomic E-state index is 0.321. The third kappa shape index (κ3) is 4.52. The van der Waals surface area contributed by atoms with Crippen LogP contribution in [0.1, 0.15) is 32.1 Å². The SMILES string of the molecule is Fc1ccccc1Nc1nccc(NCCC2=CCCCC2)n1. The second kappa shape index (κ2) is 7.72. The van der Waals surface area contributed by atoms with Crippen molar-refractivity contribution in [2.45, 2.75) is 32.1 Å². The standard InChI is InChI=1S/C18H21FN4/c19-15-8-4-5-9-16(15)22-18-21-13-11-17(23-18)20-12-10-14-6-2-1-3-7-14/h4-6,8-9,11,13H,1-3,7,10,12H2,(H2,20,21,22,23). The number of aromatic nitrogens is 2. The fraction of sp³-hybridized carbons (Fsp3) is 0.333. The molecule has 23 heavy (non-hydrogen) atoms. The molecule has 1 aromatic carbocycles. The van der Waals surface area contributed by atoms with Gasteiger partial charge in [0.25, 0.3) is 0 Å². The molecule has 1 aliphatic carbocycles. The first-order chi connectivity index (χ1) is 11.3. The largest absolute Gasteiger partial charge is 0.370 e. The molecule has 0 spiro atoms. The normalized spacial score (nSPS) is 14.2. The number of allylic oxidation sites excluding steroid dienone is 1. The molecule has 1 aliphatic rings. The van der Waals surface area contributed by atoms with E-state index < -0.39 is 0 Å². The molecule has 2 aromatic rings. The van der Waals surface area contributed by atoms with E-state index in [0.717, 1.165) is 18.8 Å². The van der Waals surface area contributed by atoms with Gasteiger partial charge < -0.3 is 10.6 Å². The van der Waals surface area contributed by atoms with Crippen molar-refractivity contribution in [2.75, 3.05) is 17.2 Å². The van der Waals surface area contributed by atoms with Crippen molar-refractivity contribution in [1.82, 2.24) is 9.97 Å². The average Bonchev–Trinajstić information content (AvgIpc) is 2.58. The molecule has 0 aliphatic heterocycles. The Morgan fingerprint density at radius 3 is 2.87 bits per heavy atom. The fourth-order valence-electron chi connectivity index (χ4n) is 2.68. The Bertz CT molecular complexity index is 684. The van der Waals surface area contributed by atoms with Gasteiger partial charge in [-0.3, -0.25) is 0 Å². The molecule has 0 saturated heterocycles. The lowest BCUT2D eigenvalue weighted by Gasteiger charge is -2.13. The maximum atomic E-state index is 13.6. The van der Waals surface area contributed by atoms with Crippen molar-refractivity contribution in [2.24, 2.45) is 0 Å². The molecule has 0 fully saturated rings. The molecular formula is C18H21FN4. The monoisotopic (exact) mass is 312 g/mol. The predicted octanol–water partition coefficient (Wildman–Crippen LogP) is 4.66. The average molecular weight is 312 g/mol. The van der Waals surface area contributed by atoms with E-state index in [2.05, 4.69) is 26.7 Å². The van der Waals surface area contributed by atoms with E-state index in [9.17, 15) is 4.39 Å². The summed E-state index contributed by atoms with van der Waals surface area (Å²) in [5, 5.41) is 6.21. The van der Waals surface area contributed by atoms with Crippen LogP contribution >= 0.6 is 0 Å². The van der Waals surface area contributed by atoms with Gasteiger partial charge >= 0.3 is 0 Å². The Morgan fingerprint density at radius 1 is 1.13 bits per heavy atom. The van der Waals surface area contributed by atoms with Gasteiger partial charge in [0.15, 0.2) is 0 Å². The summed E-state index contributed by atoms with van der Waals surface area (Å²) in [6.45, 7) is 0.849. The molecule has 0 saturated carbocycles.